The Morgan fingerprint density at radius 2 is 1.41 bits per heavy atom. The Kier molecular flexibility index (Phi) is 6.42. The van der Waals surface area contributed by atoms with E-state index in [2.05, 4.69) is 0 Å². The van der Waals surface area contributed by atoms with Gasteiger partial charge in [0.15, 0.2) is 11.6 Å². The molecule has 6 rings (SSSR count). The molecular formula is C30H19Cl3N2O4. The highest BCUT2D eigenvalue weighted by molar-refractivity contribution is 6.38. The van der Waals surface area contributed by atoms with Crippen LogP contribution in [-0.4, -0.2) is 40.4 Å². The monoisotopic (exact) mass is 576 g/mol. The first-order valence-corrected chi connectivity index (χ1v) is 13.3. The Labute approximate surface area is 239 Å². The lowest BCUT2D eigenvalue weighted by Crippen LogP contribution is -2.46. The number of benzene rings is 3. The number of imide groups is 1. The summed E-state index contributed by atoms with van der Waals surface area (Å²) >= 11 is 18.5. The number of amides is 2. The van der Waals surface area contributed by atoms with Crippen molar-refractivity contribution in [2.45, 2.75) is 12.1 Å². The topological polar surface area (TPSA) is 74.8 Å². The van der Waals surface area contributed by atoms with Gasteiger partial charge in [0, 0.05) is 32.9 Å². The number of anilines is 1. The number of nitrogens with zero attached hydrogens (tertiary/aromatic N) is 2. The van der Waals surface area contributed by atoms with Gasteiger partial charge in [-0.3, -0.25) is 19.2 Å². The summed E-state index contributed by atoms with van der Waals surface area (Å²) in [4.78, 5) is 57.7. The molecule has 4 unspecified atom stereocenters. The summed E-state index contributed by atoms with van der Waals surface area (Å²) in [5.41, 5.74) is 1.43. The van der Waals surface area contributed by atoms with Gasteiger partial charge >= 0.3 is 0 Å². The Morgan fingerprint density at radius 1 is 0.744 bits per heavy atom. The molecule has 3 aromatic carbocycles. The summed E-state index contributed by atoms with van der Waals surface area (Å²) < 4.78 is 0. The van der Waals surface area contributed by atoms with Crippen molar-refractivity contribution < 1.29 is 19.2 Å². The van der Waals surface area contributed by atoms with E-state index in [-0.39, 0.29) is 22.3 Å². The molecule has 194 valence electrons. The third kappa shape index (κ3) is 4.20. The summed E-state index contributed by atoms with van der Waals surface area (Å²) in [5.74, 6) is -3.48. The van der Waals surface area contributed by atoms with Crippen molar-refractivity contribution in [3.63, 3.8) is 0 Å². The third-order valence-electron chi connectivity index (χ3n) is 7.39. The van der Waals surface area contributed by atoms with Crippen LogP contribution in [0, 0.1) is 11.8 Å². The molecule has 3 aliphatic rings. The number of rotatable bonds is 5. The van der Waals surface area contributed by atoms with E-state index < -0.39 is 35.7 Å². The number of hydrogen-bond acceptors (Lipinski definition) is 5. The zero-order valence-corrected chi connectivity index (χ0v) is 22.4. The smallest absolute Gasteiger partial charge is 0.240 e. The van der Waals surface area contributed by atoms with Gasteiger partial charge in [0.05, 0.1) is 28.6 Å². The number of halogens is 3. The van der Waals surface area contributed by atoms with Crippen LogP contribution in [0.3, 0.4) is 0 Å². The van der Waals surface area contributed by atoms with E-state index in [9.17, 15) is 19.2 Å². The molecule has 0 aliphatic carbocycles. The van der Waals surface area contributed by atoms with E-state index in [1.54, 1.807) is 77.8 Å². The van der Waals surface area contributed by atoms with Gasteiger partial charge in [0.2, 0.25) is 11.8 Å². The zero-order chi connectivity index (χ0) is 27.4. The van der Waals surface area contributed by atoms with E-state index in [1.165, 1.54) is 12.1 Å². The molecule has 2 saturated heterocycles. The molecule has 0 radical (unpaired) electrons. The number of allylic oxidation sites excluding steroid dienone is 2. The van der Waals surface area contributed by atoms with Crippen LogP contribution in [0.5, 0.6) is 0 Å². The molecule has 3 heterocycles. The van der Waals surface area contributed by atoms with Crippen molar-refractivity contribution in [2.24, 2.45) is 11.8 Å². The van der Waals surface area contributed by atoms with Crippen LogP contribution in [0.1, 0.15) is 20.7 Å². The predicted molar refractivity (Wildman–Crippen MR) is 149 cm³/mol. The Morgan fingerprint density at radius 3 is 2.10 bits per heavy atom. The fraction of sp³-hybridized carbons (Fsp3) is 0.133. The quantitative estimate of drug-likeness (QED) is 0.274. The fourth-order valence-corrected chi connectivity index (χ4v) is 6.26. The van der Waals surface area contributed by atoms with Gasteiger partial charge in [-0.15, -0.1) is 0 Å². The number of Topliss-reactive ketones (excluding diaryl/α,β-unsaturated/α-hetero) is 2. The van der Waals surface area contributed by atoms with E-state index in [1.807, 2.05) is 6.07 Å². The van der Waals surface area contributed by atoms with Gasteiger partial charge in [-0.25, -0.2) is 4.90 Å². The Hall–Kier alpha value is -3.71. The van der Waals surface area contributed by atoms with Crippen LogP contribution < -0.4 is 4.90 Å². The van der Waals surface area contributed by atoms with Gasteiger partial charge in [0.1, 0.15) is 6.04 Å². The molecule has 6 nitrogen and oxygen atoms in total. The van der Waals surface area contributed by atoms with Crippen molar-refractivity contribution in [1.82, 2.24) is 4.90 Å². The molecule has 3 aromatic rings. The average molecular weight is 578 g/mol. The van der Waals surface area contributed by atoms with Gasteiger partial charge in [0.25, 0.3) is 0 Å². The molecule has 0 spiro atoms. The number of fused-ring (bicyclic) bond motifs is 3. The fourth-order valence-electron chi connectivity index (χ4n) is 5.64. The lowest BCUT2D eigenvalue weighted by atomic mass is 9.85. The van der Waals surface area contributed by atoms with E-state index >= 15 is 0 Å². The van der Waals surface area contributed by atoms with Crippen LogP contribution in [-0.2, 0) is 9.59 Å². The van der Waals surface area contributed by atoms with Crippen LogP contribution in [0.25, 0.3) is 0 Å². The number of hydrogen-bond donors (Lipinski definition) is 0. The molecule has 0 N–H and O–H groups in total. The normalized spacial score (nSPS) is 23.5. The molecular weight excluding hydrogens is 559 g/mol. The largest absolute Gasteiger partial charge is 0.359 e. The van der Waals surface area contributed by atoms with Gasteiger partial charge in [-0.05, 0) is 48.5 Å². The summed E-state index contributed by atoms with van der Waals surface area (Å²) in [6.45, 7) is 0. The highest BCUT2D eigenvalue weighted by atomic mass is 35.5. The molecule has 2 fully saturated rings. The first-order chi connectivity index (χ1) is 18.8. The molecule has 3 aliphatic heterocycles. The van der Waals surface area contributed by atoms with Crippen LogP contribution in [0.4, 0.5) is 5.69 Å². The van der Waals surface area contributed by atoms with Crippen LogP contribution >= 0.6 is 34.8 Å². The average Bonchev–Trinajstić information content (AvgIpc) is 3.40. The summed E-state index contributed by atoms with van der Waals surface area (Å²) in [5, 5.41) is 0.962. The standard InChI is InChI=1S/C30H19Cl3N2O4/c31-19-8-6-17(7-9-19)28(37)26-25-24(29(38)35(30(25)39)22-11-10-20(32)15-21(22)33)23-14-18(12-13-34(23)26)27(36)16-4-2-1-3-5-16/h1-15,23-26H. The Bertz CT molecular complexity index is 1600. The van der Waals surface area contributed by atoms with Crippen molar-refractivity contribution in [1.29, 1.82) is 0 Å². The summed E-state index contributed by atoms with van der Waals surface area (Å²) in [7, 11) is 0. The minimum Gasteiger partial charge on any atom is -0.359 e. The molecule has 4 atom stereocenters. The van der Waals surface area contributed by atoms with E-state index in [0.717, 1.165) is 4.90 Å². The first-order valence-electron chi connectivity index (χ1n) is 12.2. The second-order valence-corrected chi connectivity index (χ2v) is 10.8. The summed E-state index contributed by atoms with van der Waals surface area (Å²) in [6, 6.07) is 18.0. The van der Waals surface area contributed by atoms with Crippen LogP contribution in [0.15, 0.2) is 96.7 Å². The minimum absolute atomic E-state index is 0.139. The minimum atomic E-state index is -0.996. The zero-order valence-electron chi connectivity index (χ0n) is 20.1. The van der Waals surface area contributed by atoms with Crippen LogP contribution in [0.2, 0.25) is 15.1 Å². The Balaban J connectivity index is 1.44. The molecule has 39 heavy (non-hydrogen) atoms. The number of carbonyl (C=O) groups excluding carboxylic acids is 4. The lowest BCUT2D eigenvalue weighted by molar-refractivity contribution is -0.123. The number of carbonyl (C=O) groups is 4. The second-order valence-electron chi connectivity index (χ2n) is 9.55. The van der Waals surface area contributed by atoms with E-state index in [4.69, 9.17) is 34.8 Å². The van der Waals surface area contributed by atoms with E-state index in [0.29, 0.717) is 26.7 Å². The van der Waals surface area contributed by atoms with Gasteiger partial charge < -0.3 is 4.90 Å². The highest BCUT2D eigenvalue weighted by Gasteiger charge is 2.63. The van der Waals surface area contributed by atoms with Gasteiger partial charge in [-0.1, -0.05) is 71.2 Å². The highest BCUT2D eigenvalue weighted by Crippen LogP contribution is 2.48. The van der Waals surface area contributed by atoms with Crippen molar-refractivity contribution in [3.05, 3.63) is 123 Å². The molecule has 0 bridgehead atoms. The maximum Gasteiger partial charge on any atom is 0.240 e. The molecule has 0 saturated carbocycles. The SMILES string of the molecule is O=C(C1=CC2C3C(=O)N(c4ccc(Cl)cc4Cl)C(=O)C3C(C(=O)c3ccc(Cl)cc3)N2C=C1)c1ccccc1. The predicted octanol–water partition coefficient (Wildman–Crippen LogP) is 6.02. The molecule has 0 aromatic heterocycles. The maximum absolute atomic E-state index is 13.9. The van der Waals surface area contributed by atoms with Crippen molar-refractivity contribution in [3.8, 4) is 0 Å². The first kappa shape index (κ1) is 25.6. The molecule has 2 amide bonds. The maximum atomic E-state index is 13.9. The molecule has 9 heteroatoms. The van der Waals surface area contributed by atoms with Crippen molar-refractivity contribution >= 4 is 63.9 Å². The second kappa shape index (κ2) is 9.79. The lowest BCUT2D eigenvalue weighted by Gasteiger charge is -2.33. The third-order valence-corrected chi connectivity index (χ3v) is 8.18. The summed E-state index contributed by atoms with van der Waals surface area (Å²) in [6.07, 6.45) is 4.94. The van der Waals surface area contributed by atoms with Gasteiger partial charge in [-0.2, -0.15) is 0 Å². The van der Waals surface area contributed by atoms with Crippen molar-refractivity contribution in [2.75, 3.05) is 4.90 Å². The number of ketones is 2.